The first-order chi connectivity index (χ1) is 14.3. The van der Waals surface area contributed by atoms with Crippen LogP contribution < -0.4 is 0 Å². The highest BCUT2D eigenvalue weighted by molar-refractivity contribution is 6.74. The number of aliphatic hydroxyl groups excluding tert-OH is 1. The Morgan fingerprint density at radius 2 is 1.81 bits per heavy atom. The van der Waals surface area contributed by atoms with Gasteiger partial charge >= 0.3 is 0 Å². The highest BCUT2D eigenvalue weighted by Crippen LogP contribution is 2.67. The van der Waals surface area contributed by atoms with Gasteiger partial charge in [0.25, 0.3) is 0 Å². The largest absolute Gasteiger partial charge is 0.414 e. The lowest BCUT2D eigenvalue weighted by Gasteiger charge is -2.61. The Balaban J connectivity index is 1.48. The van der Waals surface area contributed by atoms with E-state index in [1.807, 2.05) is 0 Å². The Morgan fingerprint density at radius 1 is 1.10 bits per heavy atom. The van der Waals surface area contributed by atoms with Gasteiger partial charge in [-0.1, -0.05) is 53.2 Å². The first-order valence-electron chi connectivity index (χ1n) is 13.3. The minimum Gasteiger partial charge on any atom is -0.414 e. The molecule has 0 bridgehead atoms. The normalized spacial score (nSPS) is 44.2. The SMILES string of the molecule is C[C@H](CO)C1=CC[C@H]2[C@@H]3CCC4C[C@@H](O[Si](C)(C)C(C)(C)C)CC[C@]4(C)[C@H]3CC[C@]12C. The van der Waals surface area contributed by atoms with Crippen molar-refractivity contribution in [1.29, 1.82) is 0 Å². The average molecular weight is 447 g/mol. The Labute approximate surface area is 193 Å². The molecule has 0 aliphatic heterocycles. The predicted molar refractivity (Wildman–Crippen MR) is 134 cm³/mol. The maximum atomic E-state index is 9.83. The quantitative estimate of drug-likeness (QED) is 0.356. The molecule has 0 aromatic carbocycles. The first kappa shape index (κ1) is 24.0. The maximum absolute atomic E-state index is 9.83. The van der Waals surface area contributed by atoms with E-state index >= 15 is 0 Å². The molecule has 3 fully saturated rings. The van der Waals surface area contributed by atoms with Crippen LogP contribution in [-0.4, -0.2) is 26.1 Å². The molecule has 31 heavy (non-hydrogen) atoms. The van der Waals surface area contributed by atoms with Crippen LogP contribution in [0.4, 0.5) is 0 Å². The summed E-state index contributed by atoms with van der Waals surface area (Å²) in [5, 5.41) is 10.1. The van der Waals surface area contributed by atoms with Crippen molar-refractivity contribution in [2.75, 3.05) is 6.61 Å². The van der Waals surface area contributed by atoms with Crippen molar-refractivity contribution in [2.24, 2.45) is 40.4 Å². The van der Waals surface area contributed by atoms with Gasteiger partial charge in [-0.15, -0.1) is 0 Å². The summed E-state index contributed by atoms with van der Waals surface area (Å²) in [6.45, 7) is 19.7. The van der Waals surface area contributed by atoms with Gasteiger partial charge in [0.1, 0.15) is 0 Å². The molecule has 178 valence electrons. The van der Waals surface area contributed by atoms with E-state index in [2.05, 4.69) is 60.7 Å². The van der Waals surface area contributed by atoms with E-state index in [1.165, 1.54) is 51.4 Å². The maximum Gasteiger partial charge on any atom is 0.192 e. The van der Waals surface area contributed by atoms with Crippen molar-refractivity contribution in [2.45, 2.75) is 117 Å². The molecule has 0 aromatic rings. The molecular formula is C28H50O2Si. The summed E-state index contributed by atoms with van der Waals surface area (Å²) in [4.78, 5) is 0. The fourth-order valence-corrected chi connectivity index (χ4v) is 9.78. The van der Waals surface area contributed by atoms with E-state index in [-0.39, 0.29) is 0 Å². The number of hydrogen-bond acceptors (Lipinski definition) is 2. The van der Waals surface area contributed by atoms with Crippen molar-refractivity contribution in [3.63, 3.8) is 0 Å². The van der Waals surface area contributed by atoms with Gasteiger partial charge in [-0.05, 0) is 104 Å². The summed E-state index contributed by atoms with van der Waals surface area (Å²) in [7, 11) is -1.68. The molecule has 0 heterocycles. The molecule has 1 N–H and O–H groups in total. The van der Waals surface area contributed by atoms with E-state index in [9.17, 15) is 5.11 Å². The van der Waals surface area contributed by atoms with E-state index in [1.54, 1.807) is 5.57 Å². The summed E-state index contributed by atoms with van der Waals surface area (Å²) in [5.74, 6) is 3.79. The van der Waals surface area contributed by atoms with Gasteiger partial charge in [-0.2, -0.15) is 0 Å². The van der Waals surface area contributed by atoms with Gasteiger partial charge < -0.3 is 9.53 Å². The summed E-state index contributed by atoms with van der Waals surface area (Å²) in [5.41, 5.74) is 2.44. The third-order valence-electron chi connectivity index (χ3n) is 11.3. The van der Waals surface area contributed by atoms with Crippen LogP contribution in [0.5, 0.6) is 0 Å². The topological polar surface area (TPSA) is 29.5 Å². The zero-order valence-corrected chi connectivity index (χ0v) is 22.8. The third-order valence-corrected chi connectivity index (χ3v) is 15.9. The van der Waals surface area contributed by atoms with Gasteiger partial charge in [0.15, 0.2) is 8.32 Å². The molecule has 0 radical (unpaired) electrons. The molecule has 3 heteroatoms. The zero-order chi connectivity index (χ0) is 22.8. The van der Waals surface area contributed by atoms with Crippen molar-refractivity contribution < 1.29 is 9.53 Å². The van der Waals surface area contributed by atoms with Gasteiger partial charge in [0, 0.05) is 18.6 Å². The molecule has 4 aliphatic carbocycles. The standard InChI is InChI=1S/C28H50O2Si/c1-19(18-29)23-11-12-24-22-10-9-20-17-21(30-31(7,8)26(2,3)4)13-15-27(20,5)25(22)14-16-28(23,24)6/h11,19-22,24-25,29H,9-10,12-18H2,1-8H3/t19-,20?,21+,22+,24+,25+,27+,28-/m1/s1. The van der Waals surface area contributed by atoms with Gasteiger partial charge in [0.2, 0.25) is 0 Å². The fourth-order valence-electron chi connectivity index (χ4n) is 8.38. The fraction of sp³-hybridized carbons (Fsp3) is 0.929. The molecule has 0 saturated heterocycles. The number of rotatable bonds is 4. The smallest absolute Gasteiger partial charge is 0.192 e. The molecule has 0 amide bonds. The van der Waals surface area contributed by atoms with Crippen LogP contribution in [0.1, 0.15) is 92.9 Å². The highest BCUT2D eigenvalue weighted by atomic mass is 28.4. The highest BCUT2D eigenvalue weighted by Gasteiger charge is 2.59. The van der Waals surface area contributed by atoms with E-state index in [0.717, 1.165) is 23.7 Å². The number of fused-ring (bicyclic) bond motifs is 5. The van der Waals surface area contributed by atoms with Gasteiger partial charge in [-0.3, -0.25) is 0 Å². The van der Waals surface area contributed by atoms with E-state index in [4.69, 9.17) is 4.43 Å². The number of allylic oxidation sites excluding steroid dienone is 1. The average Bonchev–Trinajstić information content (AvgIpc) is 3.04. The van der Waals surface area contributed by atoms with Crippen molar-refractivity contribution in [3.05, 3.63) is 11.6 Å². The second-order valence-electron chi connectivity index (χ2n) is 13.9. The summed E-state index contributed by atoms with van der Waals surface area (Å²) in [6.07, 6.45) is 13.8. The van der Waals surface area contributed by atoms with Crippen LogP contribution >= 0.6 is 0 Å². The van der Waals surface area contributed by atoms with Gasteiger partial charge in [0.05, 0.1) is 0 Å². The molecular weight excluding hydrogens is 396 g/mol. The van der Waals surface area contributed by atoms with Crippen molar-refractivity contribution in [3.8, 4) is 0 Å². The van der Waals surface area contributed by atoms with Crippen molar-refractivity contribution in [1.82, 2.24) is 0 Å². The Hall–Kier alpha value is -0.123. The number of hydrogen-bond donors (Lipinski definition) is 1. The third kappa shape index (κ3) is 3.83. The molecule has 0 spiro atoms. The molecule has 4 aliphatic rings. The van der Waals surface area contributed by atoms with Crippen LogP contribution in [0.25, 0.3) is 0 Å². The summed E-state index contributed by atoms with van der Waals surface area (Å²) >= 11 is 0. The molecule has 3 saturated carbocycles. The van der Waals surface area contributed by atoms with Crippen LogP contribution in [0.15, 0.2) is 11.6 Å². The Bertz CT molecular complexity index is 706. The minimum absolute atomic E-state index is 0.303. The van der Waals surface area contributed by atoms with Crippen molar-refractivity contribution >= 4 is 8.32 Å². The molecule has 1 unspecified atom stereocenters. The molecule has 4 rings (SSSR count). The molecule has 8 atom stereocenters. The Kier molecular flexibility index (Phi) is 6.18. The monoisotopic (exact) mass is 446 g/mol. The van der Waals surface area contributed by atoms with E-state index < -0.39 is 8.32 Å². The second-order valence-corrected chi connectivity index (χ2v) is 18.6. The number of aliphatic hydroxyl groups is 1. The summed E-state index contributed by atoms with van der Waals surface area (Å²) in [6, 6.07) is 0. The predicted octanol–water partition coefficient (Wildman–Crippen LogP) is 7.58. The molecule has 0 aromatic heterocycles. The molecule has 2 nitrogen and oxygen atoms in total. The second kappa shape index (κ2) is 7.98. The first-order valence-corrected chi connectivity index (χ1v) is 16.2. The van der Waals surface area contributed by atoms with Crippen LogP contribution in [0, 0.1) is 40.4 Å². The Morgan fingerprint density at radius 3 is 2.45 bits per heavy atom. The van der Waals surface area contributed by atoms with Crippen LogP contribution in [0.3, 0.4) is 0 Å². The lowest BCUT2D eigenvalue weighted by atomic mass is 9.44. The summed E-state index contributed by atoms with van der Waals surface area (Å²) < 4.78 is 6.92. The van der Waals surface area contributed by atoms with E-state index in [0.29, 0.717) is 34.5 Å². The van der Waals surface area contributed by atoms with Gasteiger partial charge in [-0.25, -0.2) is 0 Å². The minimum atomic E-state index is -1.68. The van der Waals surface area contributed by atoms with Crippen LogP contribution in [-0.2, 0) is 4.43 Å². The van der Waals surface area contributed by atoms with Crippen LogP contribution in [0.2, 0.25) is 18.1 Å². The lowest BCUT2D eigenvalue weighted by Crippen LogP contribution is -2.55. The lowest BCUT2D eigenvalue weighted by molar-refractivity contribution is -0.117. The zero-order valence-electron chi connectivity index (χ0n) is 21.8.